The minimum absolute atomic E-state index is 0.487. The molecule has 0 fully saturated rings. The molecule has 0 N–H and O–H groups in total. The van der Waals surface area contributed by atoms with Gasteiger partial charge in [-0.1, -0.05) is 0 Å². The van der Waals surface area contributed by atoms with E-state index >= 15 is 0 Å². The third-order valence-electron chi connectivity index (χ3n) is 0.0638. The van der Waals surface area contributed by atoms with Crippen molar-refractivity contribution in [1.29, 1.82) is 0 Å². The predicted octanol–water partition coefficient (Wildman–Crippen LogP) is -2.44. The SMILES string of the molecule is [Po]=[PoH][Po][Po][PoH]. The Hall–Kier alpha value is 4.48. The van der Waals surface area contributed by atoms with Crippen LogP contribution in [0.2, 0.25) is 0 Å². The normalized spacial score (nSPS) is 8.20. The third kappa shape index (κ3) is 8.48. The molecule has 0 saturated heterocycles. The fraction of sp³-hybridized carbons (Fsp3) is 0. The summed E-state index contributed by atoms with van der Waals surface area (Å²) in [5.74, 6) is 0. The Morgan fingerprint density at radius 3 is 2.40 bits per heavy atom. The molecule has 0 unspecified atom stereocenters. The average Bonchev–Trinajstić information content (AvgIpc) is 1.41. The number of hydrogen-bond donors (Lipinski definition) is 0. The first kappa shape index (κ1) is 9.48. The van der Waals surface area contributed by atoms with E-state index in [2.05, 4.69) is 0 Å². The van der Waals surface area contributed by atoms with Crippen molar-refractivity contribution in [2.45, 2.75) is 0 Å². The van der Waals surface area contributed by atoms with Crippen molar-refractivity contribution < 1.29 is 0 Å². The van der Waals surface area contributed by atoms with Gasteiger partial charge in [0.05, 0.1) is 0 Å². The Labute approximate surface area is 76.5 Å². The molecule has 0 saturated carbocycles. The zero-order chi connectivity index (χ0) is 4.12. The maximum absolute atomic E-state index is 2.04. The molecule has 0 aromatic carbocycles. The molecule has 0 heterocycles. The fourth-order valence-electron chi connectivity index (χ4n) is 0.0136. The quantitative estimate of drug-likeness (QED) is 0.289. The van der Waals surface area contributed by atoms with Gasteiger partial charge in [0.2, 0.25) is 0 Å². The van der Waals surface area contributed by atoms with Crippen molar-refractivity contribution in [3.05, 3.63) is 0 Å². The van der Waals surface area contributed by atoms with Gasteiger partial charge < -0.3 is 0 Å². The second-order valence-electron chi connectivity index (χ2n) is 0.224. The van der Waals surface area contributed by atoms with Crippen LogP contribution in [0.1, 0.15) is 0 Å². The molecule has 0 atom stereocenters. The first-order chi connectivity index (χ1) is 2.41. The molecule has 5 heavy (non-hydrogen) atoms. The molecule has 0 radical (unpaired) electrons. The van der Waals surface area contributed by atoms with Gasteiger partial charge in [0.15, 0.2) is 0 Å². The van der Waals surface area contributed by atoms with E-state index in [-0.39, 0.29) is 0 Å². The van der Waals surface area contributed by atoms with Crippen LogP contribution in [0.15, 0.2) is 0 Å². The second kappa shape index (κ2) is 8.48. The van der Waals surface area contributed by atoms with Crippen LogP contribution in [0.5, 0.6) is 0 Å². The van der Waals surface area contributed by atoms with Crippen LogP contribution in [0.4, 0.5) is 0 Å². The second-order valence-corrected chi connectivity index (χ2v) is 151. The van der Waals surface area contributed by atoms with Crippen LogP contribution in [0, 0.1) is 0 Å². The van der Waals surface area contributed by atoms with E-state index in [1.807, 2.05) is 39.6 Å². The summed E-state index contributed by atoms with van der Waals surface area (Å²) in [5.41, 5.74) is 0. The summed E-state index contributed by atoms with van der Waals surface area (Å²) in [6.45, 7) is 0. The van der Waals surface area contributed by atoms with Crippen LogP contribution >= 0.6 is 0 Å². The van der Waals surface area contributed by atoms with E-state index in [0.717, 1.165) is 0 Å². The molecule has 0 bridgehead atoms. The number of hydrogen-bond acceptors (Lipinski definition) is 0. The van der Waals surface area contributed by atoms with Gasteiger partial charge in [-0.15, -0.1) is 0 Å². The molecule has 0 rings (SSSR count). The zero-order valence-electron chi connectivity index (χ0n) is 2.12. The van der Waals surface area contributed by atoms with E-state index < -0.39 is 0 Å². The van der Waals surface area contributed by atoms with Crippen LogP contribution < -0.4 is 0 Å². The summed E-state index contributed by atoms with van der Waals surface area (Å²) in [6.07, 6.45) is 0. The molecule has 5 heteroatoms. The topological polar surface area (TPSA) is 0 Å². The van der Waals surface area contributed by atoms with Crippen molar-refractivity contribution in [1.82, 2.24) is 0 Å². The average molecular weight is 1050 g/mol. The Morgan fingerprint density at radius 2 is 2.40 bits per heavy atom. The van der Waals surface area contributed by atoms with Gasteiger partial charge in [0, 0.05) is 0 Å². The molecule has 0 amide bonds. The Morgan fingerprint density at radius 1 is 1.80 bits per heavy atom. The van der Waals surface area contributed by atoms with E-state index in [0.29, 0.717) is 40.5 Å². The van der Waals surface area contributed by atoms with E-state index in [1.165, 1.54) is 0 Å². The Balaban J connectivity index is 2.40. The van der Waals surface area contributed by atoms with Gasteiger partial charge in [-0.25, -0.2) is 0 Å². The molecule has 0 aromatic heterocycles. The molecule has 0 aromatic rings. The van der Waals surface area contributed by atoms with Crippen LogP contribution in [0.25, 0.3) is 0 Å². The summed E-state index contributed by atoms with van der Waals surface area (Å²) in [4.78, 5) is 0. The molecule has 0 aliphatic rings. The van der Waals surface area contributed by atoms with Crippen molar-refractivity contribution in [3.8, 4) is 0 Å². The summed E-state index contributed by atoms with van der Waals surface area (Å²) in [6, 6.07) is 0. The van der Waals surface area contributed by atoms with Crippen molar-refractivity contribution >= 4 is 80.1 Å². The van der Waals surface area contributed by atoms with E-state index in [4.69, 9.17) is 0 Å². The summed E-state index contributed by atoms with van der Waals surface area (Å²) >= 11 is 5.67. The van der Waals surface area contributed by atoms with Crippen LogP contribution in [0.3, 0.4) is 0 Å². The maximum atomic E-state index is 2.04. The zero-order valence-corrected chi connectivity index (χ0v) is 18.6. The fourth-order valence-corrected chi connectivity index (χ4v) is 708. The van der Waals surface area contributed by atoms with E-state index in [1.54, 1.807) is 0 Å². The first-order valence-electron chi connectivity index (χ1n) is 0.714. The molecule has 0 aliphatic carbocycles. The first-order valence-corrected chi connectivity index (χ1v) is 55.0. The van der Waals surface area contributed by atoms with Gasteiger partial charge in [-0.3, -0.25) is 0 Å². The Bertz CT molecular complexity index is 21.2. The third-order valence-corrected chi connectivity index (χ3v) is 378. The Kier molecular flexibility index (Phi) is 16.1. The molecule has 0 spiro atoms. The standard InChI is InChI=1S/5Po.2H. The summed E-state index contributed by atoms with van der Waals surface area (Å²) in [7, 11) is 0. The van der Waals surface area contributed by atoms with Gasteiger partial charge in [-0.05, 0) is 0 Å². The van der Waals surface area contributed by atoms with E-state index in [9.17, 15) is 0 Å². The minimum atomic E-state index is 0.487. The van der Waals surface area contributed by atoms with Gasteiger partial charge in [0.25, 0.3) is 0 Å². The van der Waals surface area contributed by atoms with Crippen LogP contribution in [-0.2, 0) is 0 Å². The van der Waals surface area contributed by atoms with Crippen molar-refractivity contribution in [2.24, 2.45) is 0 Å². The van der Waals surface area contributed by atoms with Gasteiger partial charge in [0.1, 0.15) is 0 Å². The molecule has 0 aliphatic heterocycles. The van der Waals surface area contributed by atoms with Gasteiger partial charge >= 0.3 is 80.1 Å². The molecular formula is H2Po5. The molecule has 32 valence electrons. The van der Waals surface area contributed by atoms with Crippen molar-refractivity contribution in [3.63, 3.8) is 0 Å². The summed E-state index contributed by atoms with van der Waals surface area (Å²) in [5, 5.41) is 0. The van der Waals surface area contributed by atoms with Crippen LogP contribution in [-0.4, -0.2) is 80.1 Å². The number of rotatable bonds is 2. The monoisotopic (exact) mass is 1050 g/mol. The summed E-state index contributed by atoms with van der Waals surface area (Å²) < 4.78 is 0. The van der Waals surface area contributed by atoms with Crippen molar-refractivity contribution in [2.75, 3.05) is 0 Å². The van der Waals surface area contributed by atoms with Gasteiger partial charge in [-0.2, -0.15) is 0 Å². The molecular weight excluding hydrogens is 1040 g/mol. The molecule has 0 nitrogen and oxygen atoms in total. The predicted molar refractivity (Wildman–Crippen MR) is 31.6 cm³/mol.